The topological polar surface area (TPSA) is 35.5 Å². The van der Waals surface area contributed by atoms with Crippen LogP contribution in [-0.2, 0) is 9.53 Å². The van der Waals surface area contributed by atoms with Crippen LogP contribution < -0.4 is 4.74 Å². The number of hydrogen-bond donors (Lipinski definition) is 0. The van der Waals surface area contributed by atoms with Gasteiger partial charge in [0.05, 0.1) is 0 Å². The minimum Gasteiger partial charge on any atom is -1.00 e. The van der Waals surface area contributed by atoms with E-state index in [4.69, 9.17) is 32.7 Å². The summed E-state index contributed by atoms with van der Waals surface area (Å²) in [7, 11) is 0. The Morgan fingerprint density at radius 1 is 1.38 bits per heavy atom. The van der Waals surface area contributed by atoms with Gasteiger partial charge in [-0.2, -0.15) is 0 Å². The molecule has 0 unspecified atom stereocenters. The quantitative estimate of drug-likeness (QED) is 0.367. The number of halogens is 2. The average molecular weight is 275 g/mol. The van der Waals surface area contributed by atoms with Crippen molar-refractivity contribution in [2.24, 2.45) is 0 Å². The molecule has 1 aromatic carbocycles. The van der Waals surface area contributed by atoms with Gasteiger partial charge >= 0.3 is 33.5 Å². The predicted molar refractivity (Wildman–Crippen MR) is 66.1 cm³/mol. The van der Waals surface area contributed by atoms with Gasteiger partial charge in [-0.25, -0.2) is 4.79 Å². The molecule has 0 atom stereocenters. The normalized spacial score (nSPS) is 10.4. The number of esters is 1. The van der Waals surface area contributed by atoms with E-state index < -0.39 is 10.5 Å². The Hall–Kier alpha value is -0.00377. The average Bonchev–Trinajstić information content (AvgIpc) is 2.19. The third-order valence-corrected chi connectivity index (χ3v) is 2.04. The third kappa shape index (κ3) is 4.89. The molecule has 0 saturated heterocycles. The van der Waals surface area contributed by atoms with Gasteiger partial charge < -0.3 is 12.3 Å². The fourth-order valence-electron chi connectivity index (χ4n) is 0.895. The maximum absolute atomic E-state index is 11.4. The Morgan fingerprint density at radius 2 is 1.94 bits per heavy atom. The molecule has 86 valence electrons. The van der Waals surface area contributed by atoms with E-state index in [1.54, 1.807) is 37.3 Å². The molecule has 3 nitrogen and oxygen atoms in total. The van der Waals surface area contributed by atoms with Crippen LogP contribution in [0.2, 0.25) is 0 Å². The first-order chi connectivity index (χ1) is 7.06. The van der Waals surface area contributed by atoms with E-state index in [-0.39, 0.29) is 32.5 Å². The van der Waals surface area contributed by atoms with Gasteiger partial charge in [0.1, 0.15) is 5.75 Å². The Morgan fingerprint density at radius 3 is 2.44 bits per heavy atom. The fourth-order valence-corrected chi connectivity index (χ4v) is 1.19. The number of rotatable bonds is 4. The molecular formula is C10H12Cl2MgO3. The first-order valence-corrected chi connectivity index (χ1v) is 5.11. The molecule has 0 spiro atoms. The summed E-state index contributed by atoms with van der Waals surface area (Å²) < 4.78 is 7.77. The maximum Gasteiger partial charge on any atom is 2.00 e. The van der Waals surface area contributed by atoms with E-state index in [0.29, 0.717) is 5.75 Å². The first-order valence-electron chi connectivity index (χ1n) is 4.35. The summed E-state index contributed by atoms with van der Waals surface area (Å²) in [5.74, 6) is -0.480. The SMILES string of the molecule is CCOC(Cl)(Cl)C(=O)Oc1ccccc1.[H-].[H-].[Mg+2]. The molecule has 1 rings (SSSR count). The van der Waals surface area contributed by atoms with Crippen molar-refractivity contribution < 1.29 is 17.1 Å². The summed E-state index contributed by atoms with van der Waals surface area (Å²) in [4.78, 5) is 11.4. The van der Waals surface area contributed by atoms with Crippen LogP contribution in [0, 0.1) is 0 Å². The van der Waals surface area contributed by atoms with Crippen LogP contribution >= 0.6 is 23.2 Å². The van der Waals surface area contributed by atoms with Crippen molar-refractivity contribution in [2.75, 3.05) is 6.61 Å². The van der Waals surface area contributed by atoms with E-state index in [9.17, 15) is 4.79 Å². The molecule has 0 aliphatic heterocycles. The molecule has 0 aromatic heterocycles. The zero-order chi connectivity index (χ0) is 11.3. The van der Waals surface area contributed by atoms with Gasteiger partial charge in [0.25, 0.3) is 0 Å². The van der Waals surface area contributed by atoms with Crippen molar-refractivity contribution in [3.05, 3.63) is 30.3 Å². The van der Waals surface area contributed by atoms with Crippen LogP contribution in [0.1, 0.15) is 9.78 Å². The van der Waals surface area contributed by atoms with Crippen molar-refractivity contribution in [1.29, 1.82) is 0 Å². The predicted octanol–water partition coefficient (Wildman–Crippen LogP) is 2.60. The van der Waals surface area contributed by atoms with Gasteiger partial charge in [0.15, 0.2) is 0 Å². The Kier molecular flexibility index (Phi) is 7.35. The van der Waals surface area contributed by atoms with E-state index in [1.165, 1.54) is 0 Å². The number of carbonyl (C=O) groups excluding carboxylic acids is 1. The van der Waals surface area contributed by atoms with Gasteiger partial charge in [-0.05, 0) is 19.1 Å². The van der Waals surface area contributed by atoms with E-state index in [0.717, 1.165) is 0 Å². The number of hydrogen-bond acceptors (Lipinski definition) is 3. The molecule has 0 aliphatic rings. The van der Waals surface area contributed by atoms with Gasteiger partial charge in [-0.1, -0.05) is 41.4 Å². The molecule has 16 heavy (non-hydrogen) atoms. The van der Waals surface area contributed by atoms with Gasteiger partial charge in [0, 0.05) is 6.61 Å². The summed E-state index contributed by atoms with van der Waals surface area (Å²) in [6.45, 7) is 1.90. The second kappa shape index (κ2) is 7.35. The minimum absolute atomic E-state index is 0. The number of alkyl halides is 2. The molecule has 0 fully saturated rings. The Balaban J connectivity index is -0.000000750. The van der Waals surface area contributed by atoms with Gasteiger partial charge in [0.2, 0.25) is 0 Å². The summed E-state index contributed by atoms with van der Waals surface area (Å²) in [5.41, 5.74) is 0. The maximum atomic E-state index is 11.4. The van der Waals surface area contributed by atoms with Crippen LogP contribution in [0.5, 0.6) is 5.75 Å². The van der Waals surface area contributed by atoms with E-state index in [2.05, 4.69) is 0 Å². The molecule has 0 N–H and O–H groups in total. The number of benzene rings is 1. The van der Waals surface area contributed by atoms with Gasteiger partial charge in [-0.3, -0.25) is 0 Å². The van der Waals surface area contributed by atoms with E-state index >= 15 is 0 Å². The smallest absolute Gasteiger partial charge is 1.00 e. The molecule has 0 radical (unpaired) electrons. The fraction of sp³-hybridized carbons (Fsp3) is 0.300. The third-order valence-electron chi connectivity index (χ3n) is 1.52. The number of para-hydroxylation sites is 1. The van der Waals surface area contributed by atoms with Crippen LogP contribution in [0.3, 0.4) is 0 Å². The minimum atomic E-state index is -1.95. The summed E-state index contributed by atoms with van der Waals surface area (Å²) in [6.07, 6.45) is 0. The van der Waals surface area contributed by atoms with Crippen LogP contribution in [-0.4, -0.2) is 40.1 Å². The van der Waals surface area contributed by atoms with Crippen molar-refractivity contribution in [3.8, 4) is 5.75 Å². The first kappa shape index (κ1) is 16.0. The standard InChI is InChI=1S/C10H10Cl2O3.Mg.2H/c1-2-14-10(11,12)9(13)15-8-6-4-3-5-7-8;;;/h3-7H,2H2,1H3;;;/q;+2;2*-1. The molecule has 0 saturated carbocycles. The molecule has 1 aromatic rings. The molecule has 0 bridgehead atoms. The number of ether oxygens (including phenoxy) is 2. The Bertz CT molecular complexity index is 339. The molecule has 6 heteroatoms. The zero-order valence-corrected chi connectivity index (χ0v) is 11.7. The molecule has 0 amide bonds. The summed E-state index contributed by atoms with van der Waals surface area (Å²) in [6, 6.07) is 8.50. The van der Waals surface area contributed by atoms with Crippen molar-refractivity contribution in [1.82, 2.24) is 0 Å². The zero-order valence-electron chi connectivity index (χ0n) is 10.8. The largest absolute Gasteiger partial charge is 2.00 e. The van der Waals surface area contributed by atoms with E-state index in [1.807, 2.05) is 0 Å². The molecule has 0 aliphatic carbocycles. The van der Waals surface area contributed by atoms with Crippen LogP contribution in [0.15, 0.2) is 30.3 Å². The van der Waals surface area contributed by atoms with Crippen molar-refractivity contribution in [2.45, 2.75) is 11.4 Å². The van der Waals surface area contributed by atoms with Crippen molar-refractivity contribution >= 4 is 52.2 Å². The summed E-state index contributed by atoms with van der Waals surface area (Å²) in [5, 5.41) is 0. The monoisotopic (exact) mass is 274 g/mol. The Labute approximate surface area is 123 Å². The number of carbonyl (C=O) groups is 1. The van der Waals surface area contributed by atoms with Crippen LogP contribution in [0.25, 0.3) is 0 Å². The molecule has 0 heterocycles. The second-order valence-corrected chi connectivity index (χ2v) is 3.91. The van der Waals surface area contributed by atoms with Crippen LogP contribution in [0.4, 0.5) is 0 Å². The van der Waals surface area contributed by atoms with Gasteiger partial charge in [-0.15, -0.1) is 0 Å². The summed E-state index contributed by atoms with van der Waals surface area (Å²) >= 11 is 11.2. The van der Waals surface area contributed by atoms with Crippen molar-refractivity contribution in [3.63, 3.8) is 0 Å². The second-order valence-electron chi connectivity index (χ2n) is 2.65. The molecular weight excluding hydrogens is 263 g/mol.